The van der Waals surface area contributed by atoms with Gasteiger partial charge in [0, 0.05) is 35.7 Å². The van der Waals surface area contributed by atoms with Crippen molar-refractivity contribution in [2.75, 3.05) is 0 Å². The van der Waals surface area contributed by atoms with Crippen LogP contribution in [0.25, 0.3) is 0 Å². The van der Waals surface area contributed by atoms with Crippen molar-refractivity contribution in [2.45, 2.75) is 37.9 Å². The second-order valence-electron chi connectivity index (χ2n) is 7.88. The molecule has 11 heteroatoms. The molecule has 0 aromatic heterocycles. The molecular weight excluding hydrogens is 455 g/mol. The zero-order valence-corrected chi connectivity index (χ0v) is 17.9. The molecule has 7 nitrogen and oxygen atoms in total. The van der Waals surface area contributed by atoms with Gasteiger partial charge in [-0.25, -0.2) is 0 Å². The summed E-state index contributed by atoms with van der Waals surface area (Å²) in [6, 6.07) is 7.12. The number of piperidine rings is 1. The summed E-state index contributed by atoms with van der Waals surface area (Å²) in [5, 5.41) is 4.53. The van der Waals surface area contributed by atoms with Crippen LogP contribution in [0, 0.1) is 0 Å². The molecule has 2 aromatic carbocycles. The van der Waals surface area contributed by atoms with Crippen molar-refractivity contribution in [3.63, 3.8) is 0 Å². The number of nitrogens with zero attached hydrogens (tertiary/aromatic N) is 1. The summed E-state index contributed by atoms with van der Waals surface area (Å²) in [4.78, 5) is 49.8. The van der Waals surface area contributed by atoms with Crippen LogP contribution in [0.4, 0.5) is 8.78 Å². The van der Waals surface area contributed by atoms with Crippen molar-refractivity contribution >= 4 is 48.5 Å². The number of imide groups is 1. The molecule has 2 aromatic rings. The average Bonchev–Trinajstić information content (AvgIpc) is 3.09. The molecule has 0 spiro atoms. The van der Waals surface area contributed by atoms with Gasteiger partial charge in [-0.2, -0.15) is 8.78 Å². The summed E-state index contributed by atoms with van der Waals surface area (Å²) in [5.74, 6) is -6.58. The number of halogens is 3. The molecule has 2 heterocycles. The van der Waals surface area contributed by atoms with Crippen LogP contribution in [0.1, 0.15) is 39.9 Å². The second kappa shape index (κ2) is 8.59. The number of carbonyl (C=O) groups excluding carboxylic acids is 4. The number of alkyl halides is 2. The fraction of sp³-hybridized carbons (Fsp3) is 0.273. The van der Waals surface area contributed by atoms with Gasteiger partial charge in [-0.05, 0) is 29.7 Å². The first-order chi connectivity index (χ1) is 15.6. The van der Waals surface area contributed by atoms with E-state index in [0.29, 0.717) is 16.7 Å². The van der Waals surface area contributed by atoms with E-state index >= 15 is 0 Å². The largest absolute Gasteiger partial charge is 0.349 e. The molecule has 0 bridgehead atoms. The summed E-state index contributed by atoms with van der Waals surface area (Å²) in [5.41, 5.74) is 0.851. The van der Waals surface area contributed by atoms with Crippen molar-refractivity contribution < 1.29 is 28.0 Å². The Balaban J connectivity index is 1.44. The van der Waals surface area contributed by atoms with E-state index in [9.17, 15) is 28.0 Å². The normalized spacial score (nSPS) is 18.2. The highest BCUT2D eigenvalue weighted by Gasteiger charge is 2.41. The molecule has 2 N–H and O–H groups in total. The number of benzene rings is 2. The Kier molecular flexibility index (Phi) is 5.96. The molecule has 33 heavy (non-hydrogen) atoms. The first-order valence-corrected chi connectivity index (χ1v) is 10.4. The molecule has 2 radical (unpaired) electrons. The van der Waals surface area contributed by atoms with E-state index < -0.39 is 29.3 Å². The maximum atomic E-state index is 14.5. The fourth-order valence-corrected chi connectivity index (χ4v) is 4.02. The third-order valence-electron chi connectivity index (χ3n) is 5.68. The summed E-state index contributed by atoms with van der Waals surface area (Å²) in [6.45, 7) is -0.0557. The Labute approximate surface area is 193 Å². The van der Waals surface area contributed by atoms with Crippen LogP contribution >= 0.6 is 11.6 Å². The minimum absolute atomic E-state index is 0.0644. The van der Waals surface area contributed by atoms with Crippen molar-refractivity contribution in [3.8, 4) is 0 Å². The van der Waals surface area contributed by atoms with E-state index in [1.165, 1.54) is 17.0 Å². The smallest absolute Gasteiger partial charge is 0.346 e. The topological polar surface area (TPSA) is 95.6 Å². The molecule has 1 fully saturated rings. The molecule has 1 saturated heterocycles. The number of amides is 4. The Bertz CT molecular complexity index is 1190. The Morgan fingerprint density at radius 2 is 1.97 bits per heavy atom. The minimum atomic E-state index is -3.83. The third-order valence-corrected chi connectivity index (χ3v) is 6.03. The Morgan fingerprint density at radius 1 is 1.21 bits per heavy atom. The molecule has 2 aliphatic heterocycles. The van der Waals surface area contributed by atoms with Crippen molar-refractivity contribution in [1.29, 1.82) is 0 Å². The van der Waals surface area contributed by atoms with E-state index in [0.717, 1.165) is 12.1 Å². The standard InChI is InChI=1S/C22H17BClF2N3O4/c23-15-8-13(2-4-16(15)24)22(25,26)21(33)27-9-11-1-3-14-12(7-11)10-29(20(14)32)17-5-6-18(30)28-19(17)31/h1-4,7-8,17H,5-6,9-10H2,(H,27,33)(H,28,30,31). The number of nitrogens with one attached hydrogen (secondary N) is 2. The number of fused-ring (bicyclic) bond motifs is 1. The fourth-order valence-electron chi connectivity index (χ4n) is 3.90. The molecular formula is C22H17BClF2N3O4. The number of hydrogen-bond acceptors (Lipinski definition) is 4. The van der Waals surface area contributed by atoms with Crippen LogP contribution < -0.4 is 16.1 Å². The Morgan fingerprint density at radius 3 is 2.67 bits per heavy atom. The van der Waals surface area contributed by atoms with Gasteiger partial charge in [0.1, 0.15) is 13.9 Å². The van der Waals surface area contributed by atoms with Crippen LogP contribution in [0.3, 0.4) is 0 Å². The van der Waals surface area contributed by atoms with Crippen molar-refractivity contribution in [2.24, 2.45) is 0 Å². The lowest BCUT2D eigenvalue weighted by Crippen LogP contribution is -2.52. The monoisotopic (exact) mass is 471 g/mol. The predicted molar refractivity (Wildman–Crippen MR) is 115 cm³/mol. The predicted octanol–water partition coefficient (Wildman–Crippen LogP) is 1.30. The summed E-state index contributed by atoms with van der Waals surface area (Å²) < 4.78 is 29.1. The zero-order chi connectivity index (χ0) is 23.9. The highest BCUT2D eigenvalue weighted by atomic mass is 35.5. The van der Waals surface area contributed by atoms with Gasteiger partial charge in [0.25, 0.3) is 11.8 Å². The Hall–Kier alpha value is -3.27. The molecule has 1 unspecified atom stereocenters. The molecule has 0 saturated carbocycles. The van der Waals surface area contributed by atoms with Gasteiger partial charge in [0.2, 0.25) is 11.8 Å². The minimum Gasteiger partial charge on any atom is -0.346 e. The van der Waals surface area contributed by atoms with E-state index in [4.69, 9.17) is 19.4 Å². The first kappa shape index (κ1) is 22.9. The lowest BCUT2D eigenvalue weighted by molar-refractivity contribution is -0.147. The molecule has 168 valence electrons. The molecule has 4 rings (SSSR count). The molecule has 1 atom stereocenters. The van der Waals surface area contributed by atoms with Crippen LogP contribution in [-0.2, 0) is 33.4 Å². The van der Waals surface area contributed by atoms with Gasteiger partial charge in [-0.1, -0.05) is 41.3 Å². The van der Waals surface area contributed by atoms with Crippen molar-refractivity contribution in [3.05, 3.63) is 63.7 Å². The van der Waals surface area contributed by atoms with Gasteiger partial charge in [0.15, 0.2) is 0 Å². The maximum Gasteiger partial charge on any atom is 0.349 e. The highest BCUT2D eigenvalue weighted by molar-refractivity contribution is 6.45. The molecule has 0 aliphatic carbocycles. The lowest BCUT2D eigenvalue weighted by Gasteiger charge is -2.29. The van der Waals surface area contributed by atoms with E-state index in [-0.39, 0.29) is 48.2 Å². The number of hydrogen-bond donors (Lipinski definition) is 2. The van der Waals surface area contributed by atoms with Gasteiger partial charge < -0.3 is 10.2 Å². The summed E-state index contributed by atoms with van der Waals surface area (Å²) >= 11 is 5.75. The van der Waals surface area contributed by atoms with Gasteiger partial charge in [-0.15, -0.1) is 0 Å². The molecule has 4 amide bonds. The van der Waals surface area contributed by atoms with Crippen LogP contribution in [0.2, 0.25) is 5.02 Å². The van der Waals surface area contributed by atoms with Crippen LogP contribution in [0.15, 0.2) is 36.4 Å². The van der Waals surface area contributed by atoms with Gasteiger partial charge >= 0.3 is 5.92 Å². The summed E-state index contributed by atoms with van der Waals surface area (Å²) in [6.07, 6.45) is 0.374. The molecule has 2 aliphatic rings. The quantitative estimate of drug-likeness (QED) is 0.508. The van der Waals surface area contributed by atoms with Crippen LogP contribution in [0.5, 0.6) is 0 Å². The average molecular weight is 472 g/mol. The third kappa shape index (κ3) is 4.35. The van der Waals surface area contributed by atoms with Gasteiger partial charge in [-0.3, -0.25) is 24.5 Å². The van der Waals surface area contributed by atoms with Gasteiger partial charge in [0.05, 0.1) is 0 Å². The van der Waals surface area contributed by atoms with Crippen LogP contribution in [-0.4, -0.2) is 42.4 Å². The number of carbonyl (C=O) groups is 4. The first-order valence-electron chi connectivity index (χ1n) is 10.1. The lowest BCUT2D eigenvalue weighted by atomic mass is 9.92. The summed E-state index contributed by atoms with van der Waals surface area (Å²) in [7, 11) is 5.56. The SMILES string of the molecule is [B]c1cc(C(F)(F)C(=O)NCc2ccc3c(c2)CN(C2CCC(=O)NC2=O)C3=O)ccc1Cl. The van der Waals surface area contributed by atoms with Crippen molar-refractivity contribution in [1.82, 2.24) is 15.5 Å². The highest BCUT2D eigenvalue weighted by Crippen LogP contribution is 2.30. The zero-order valence-electron chi connectivity index (χ0n) is 17.2. The number of rotatable bonds is 5. The second-order valence-corrected chi connectivity index (χ2v) is 8.29. The van der Waals surface area contributed by atoms with E-state index in [2.05, 4.69) is 10.6 Å². The van der Waals surface area contributed by atoms with E-state index in [1.54, 1.807) is 12.1 Å². The maximum absolute atomic E-state index is 14.5. The van der Waals surface area contributed by atoms with E-state index in [1.807, 2.05) is 0 Å².